The van der Waals surface area contributed by atoms with Gasteiger partial charge in [-0.3, -0.25) is 9.69 Å². The summed E-state index contributed by atoms with van der Waals surface area (Å²) in [7, 11) is 0. The molecule has 0 aliphatic carbocycles. The summed E-state index contributed by atoms with van der Waals surface area (Å²) in [5, 5.41) is 3.28. The molecule has 0 saturated carbocycles. The number of likely N-dealkylation sites (tertiary alicyclic amines) is 1. The predicted octanol–water partition coefficient (Wildman–Crippen LogP) is 3.58. The van der Waals surface area contributed by atoms with Gasteiger partial charge in [-0.2, -0.15) is 0 Å². The Hall–Kier alpha value is -0.570. The first-order valence-corrected chi connectivity index (χ1v) is 8.21. The summed E-state index contributed by atoms with van der Waals surface area (Å²) < 4.78 is 0. The fraction of sp³-hybridized carbons (Fsp3) is 0.941. The summed E-state index contributed by atoms with van der Waals surface area (Å²) in [4.78, 5) is 15.0. The van der Waals surface area contributed by atoms with E-state index in [0.717, 1.165) is 25.9 Å². The molecule has 1 heterocycles. The molecule has 3 nitrogen and oxygen atoms in total. The molecule has 1 unspecified atom stereocenters. The third-order valence-corrected chi connectivity index (χ3v) is 3.95. The van der Waals surface area contributed by atoms with E-state index >= 15 is 0 Å². The lowest BCUT2D eigenvalue weighted by atomic mass is 9.81. The van der Waals surface area contributed by atoms with Crippen molar-refractivity contribution in [2.45, 2.75) is 85.2 Å². The molecule has 1 N–H and O–H groups in total. The molecule has 1 aliphatic rings. The topological polar surface area (TPSA) is 32.3 Å². The van der Waals surface area contributed by atoms with E-state index in [9.17, 15) is 4.79 Å². The van der Waals surface area contributed by atoms with Gasteiger partial charge in [-0.25, -0.2) is 0 Å². The lowest BCUT2D eigenvalue weighted by molar-refractivity contribution is -0.129. The number of carbonyl (C=O) groups is 1. The Balaban J connectivity index is 2.62. The average molecular weight is 282 g/mol. The Bertz CT molecular complexity index is 311. The maximum Gasteiger partial charge on any atom is 0.237 e. The molecule has 1 fully saturated rings. The number of nitrogens with zero attached hydrogens (tertiary/aromatic N) is 1. The van der Waals surface area contributed by atoms with E-state index in [0.29, 0.717) is 0 Å². The van der Waals surface area contributed by atoms with Crippen LogP contribution in [0.2, 0.25) is 0 Å². The zero-order valence-electron chi connectivity index (χ0n) is 14.4. The minimum atomic E-state index is -0.140. The van der Waals surface area contributed by atoms with Crippen molar-refractivity contribution < 1.29 is 4.79 Å². The predicted molar refractivity (Wildman–Crippen MR) is 85.8 cm³/mol. The van der Waals surface area contributed by atoms with Crippen molar-refractivity contribution in [2.75, 3.05) is 13.1 Å². The highest BCUT2D eigenvalue weighted by Gasteiger charge is 2.31. The molecule has 1 amide bonds. The summed E-state index contributed by atoms with van der Waals surface area (Å²) in [5.41, 5.74) is 0.0855. The molecular formula is C17H34N2O. The normalized spacial score (nSPS) is 19.7. The SMILES string of the molecule is CCC(C(=O)NC(C)(C)CC(C)(C)C)N1CCCCC1. The lowest BCUT2D eigenvalue weighted by Crippen LogP contribution is -2.54. The van der Waals surface area contributed by atoms with E-state index in [1.54, 1.807) is 0 Å². The van der Waals surface area contributed by atoms with Crippen LogP contribution in [-0.2, 0) is 4.79 Å². The second-order valence-corrected chi connectivity index (χ2v) is 8.13. The molecule has 1 saturated heterocycles. The van der Waals surface area contributed by atoms with Crippen LogP contribution in [0.5, 0.6) is 0 Å². The number of nitrogens with one attached hydrogen (secondary N) is 1. The minimum absolute atomic E-state index is 0.0505. The molecule has 0 aromatic rings. The Morgan fingerprint density at radius 3 is 2.10 bits per heavy atom. The van der Waals surface area contributed by atoms with Crippen LogP contribution in [0.1, 0.15) is 73.6 Å². The number of amides is 1. The van der Waals surface area contributed by atoms with E-state index < -0.39 is 0 Å². The molecule has 1 rings (SSSR count). The van der Waals surface area contributed by atoms with Crippen LogP contribution in [0.4, 0.5) is 0 Å². The smallest absolute Gasteiger partial charge is 0.237 e. The quantitative estimate of drug-likeness (QED) is 0.836. The first-order valence-electron chi connectivity index (χ1n) is 8.21. The Labute approximate surface area is 125 Å². The molecule has 0 aromatic carbocycles. The lowest BCUT2D eigenvalue weighted by Gasteiger charge is -2.38. The number of hydrogen-bond acceptors (Lipinski definition) is 2. The van der Waals surface area contributed by atoms with Crippen molar-refractivity contribution >= 4 is 5.91 Å². The summed E-state index contributed by atoms with van der Waals surface area (Å²) >= 11 is 0. The fourth-order valence-electron chi connectivity index (χ4n) is 3.63. The van der Waals surface area contributed by atoms with Gasteiger partial charge >= 0.3 is 0 Å². The number of hydrogen-bond donors (Lipinski definition) is 1. The van der Waals surface area contributed by atoms with E-state index in [-0.39, 0.29) is 22.9 Å². The molecule has 1 aliphatic heterocycles. The van der Waals surface area contributed by atoms with Gasteiger partial charge in [0.05, 0.1) is 6.04 Å². The highest BCUT2D eigenvalue weighted by Crippen LogP contribution is 2.27. The van der Waals surface area contributed by atoms with Crippen molar-refractivity contribution in [3.8, 4) is 0 Å². The molecule has 0 aromatic heterocycles. The van der Waals surface area contributed by atoms with Crippen molar-refractivity contribution in [1.82, 2.24) is 10.2 Å². The molecule has 0 radical (unpaired) electrons. The van der Waals surface area contributed by atoms with Crippen LogP contribution in [-0.4, -0.2) is 35.5 Å². The van der Waals surface area contributed by atoms with Crippen LogP contribution >= 0.6 is 0 Å². The van der Waals surface area contributed by atoms with Gasteiger partial charge in [0.1, 0.15) is 0 Å². The standard InChI is InChI=1S/C17H34N2O/c1-7-14(19-11-9-8-10-12-19)15(20)18-17(5,6)13-16(2,3)4/h14H,7-13H2,1-6H3,(H,18,20). The zero-order chi connectivity index (χ0) is 15.4. The Kier molecular flexibility index (Phi) is 6.06. The summed E-state index contributed by atoms with van der Waals surface area (Å²) in [6.07, 6.45) is 5.66. The highest BCUT2D eigenvalue weighted by atomic mass is 16.2. The van der Waals surface area contributed by atoms with Gasteiger partial charge < -0.3 is 5.32 Å². The van der Waals surface area contributed by atoms with Crippen molar-refractivity contribution in [3.05, 3.63) is 0 Å². The van der Waals surface area contributed by atoms with Gasteiger partial charge in [-0.1, -0.05) is 34.1 Å². The molecule has 0 spiro atoms. The molecule has 3 heteroatoms. The van der Waals surface area contributed by atoms with Gasteiger partial charge in [0.15, 0.2) is 0 Å². The molecule has 1 atom stereocenters. The Morgan fingerprint density at radius 1 is 1.10 bits per heavy atom. The van der Waals surface area contributed by atoms with Crippen LogP contribution in [0.3, 0.4) is 0 Å². The zero-order valence-corrected chi connectivity index (χ0v) is 14.4. The third kappa shape index (κ3) is 5.82. The summed E-state index contributed by atoms with van der Waals surface area (Å²) in [6, 6.07) is 0.0505. The van der Waals surface area contributed by atoms with Crippen molar-refractivity contribution in [2.24, 2.45) is 5.41 Å². The highest BCUT2D eigenvalue weighted by molar-refractivity contribution is 5.82. The van der Waals surface area contributed by atoms with Gasteiger partial charge in [-0.05, 0) is 58.0 Å². The van der Waals surface area contributed by atoms with Crippen LogP contribution in [0.25, 0.3) is 0 Å². The molecular weight excluding hydrogens is 248 g/mol. The summed E-state index contributed by atoms with van der Waals surface area (Å²) in [5.74, 6) is 0.212. The fourth-order valence-corrected chi connectivity index (χ4v) is 3.63. The van der Waals surface area contributed by atoms with E-state index in [1.165, 1.54) is 19.3 Å². The molecule has 0 bridgehead atoms. The first kappa shape index (κ1) is 17.5. The van der Waals surface area contributed by atoms with Gasteiger partial charge in [-0.15, -0.1) is 0 Å². The number of rotatable bonds is 5. The van der Waals surface area contributed by atoms with Gasteiger partial charge in [0.2, 0.25) is 5.91 Å². The Morgan fingerprint density at radius 2 is 1.65 bits per heavy atom. The maximum absolute atomic E-state index is 12.6. The van der Waals surface area contributed by atoms with E-state index in [1.807, 2.05) is 0 Å². The van der Waals surface area contributed by atoms with Crippen LogP contribution in [0.15, 0.2) is 0 Å². The van der Waals surface area contributed by atoms with E-state index in [4.69, 9.17) is 0 Å². The van der Waals surface area contributed by atoms with Crippen LogP contribution in [0, 0.1) is 5.41 Å². The monoisotopic (exact) mass is 282 g/mol. The molecule has 118 valence electrons. The molecule has 20 heavy (non-hydrogen) atoms. The van der Waals surface area contributed by atoms with Crippen molar-refractivity contribution in [3.63, 3.8) is 0 Å². The van der Waals surface area contributed by atoms with Gasteiger partial charge in [0, 0.05) is 5.54 Å². The third-order valence-electron chi connectivity index (χ3n) is 3.95. The maximum atomic E-state index is 12.6. The van der Waals surface area contributed by atoms with Gasteiger partial charge in [0.25, 0.3) is 0 Å². The minimum Gasteiger partial charge on any atom is -0.350 e. The van der Waals surface area contributed by atoms with E-state index in [2.05, 4.69) is 51.8 Å². The number of carbonyl (C=O) groups excluding carboxylic acids is 1. The average Bonchev–Trinajstić information content (AvgIpc) is 2.27. The number of piperidine rings is 1. The van der Waals surface area contributed by atoms with Crippen LogP contribution < -0.4 is 5.32 Å². The van der Waals surface area contributed by atoms with Crippen molar-refractivity contribution in [1.29, 1.82) is 0 Å². The summed E-state index contributed by atoms with van der Waals surface area (Å²) in [6.45, 7) is 15.2. The second-order valence-electron chi connectivity index (χ2n) is 8.13. The largest absolute Gasteiger partial charge is 0.350 e. The second kappa shape index (κ2) is 6.93. The first-order chi connectivity index (χ1) is 9.14.